The Hall–Kier alpha value is -1.48. The summed E-state index contributed by atoms with van der Waals surface area (Å²) in [6.07, 6.45) is 4.65. The summed E-state index contributed by atoms with van der Waals surface area (Å²) in [5, 5.41) is 4.98. The predicted molar refractivity (Wildman–Crippen MR) is 70.4 cm³/mol. The summed E-state index contributed by atoms with van der Waals surface area (Å²) in [5.74, 6) is 0. The fraction of sp³-hybridized carbons (Fsp3) is 0.429. The standard InChI is InChI=1S/C14H17N3/c1-17-4-2-3-9-5-12-13-10(7-16-12)6-15-8-11(13)14(9)17/h5,7,15-16H,2-4,6,8H2,1H3. The highest BCUT2D eigenvalue weighted by atomic mass is 15.1. The van der Waals surface area contributed by atoms with Crippen molar-refractivity contribution in [3.8, 4) is 0 Å². The molecule has 0 atom stereocenters. The van der Waals surface area contributed by atoms with Crippen LogP contribution in [0.15, 0.2) is 12.3 Å². The molecule has 2 aromatic rings. The Morgan fingerprint density at radius 3 is 3.12 bits per heavy atom. The zero-order chi connectivity index (χ0) is 11.4. The maximum absolute atomic E-state index is 3.51. The number of nitrogens with zero attached hydrogens (tertiary/aromatic N) is 1. The number of H-pyrrole nitrogens is 1. The second-order valence-corrected chi connectivity index (χ2v) is 5.23. The monoisotopic (exact) mass is 227 g/mol. The maximum Gasteiger partial charge on any atom is 0.0464 e. The van der Waals surface area contributed by atoms with Gasteiger partial charge < -0.3 is 15.2 Å². The van der Waals surface area contributed by atoms with Gasteiger partial charge in [0, 0.05) is 49.5 Å². The number of aromatic nitrogens is 1. The molecule has 0 saturated heterocycles. The van der Waals surface area contributed by atoms with Crippen molar-refractivity contribution < 1.29 is 0 Å². The Morgan fingerprint density at radius 1 is 1.24 bits per heavy atom. The van der Waals surface area contributed by atoms with Gasteiger partial charge in [0.25, 0.3) is 0 Å². The summed E-state index contributed by atoms with van der Waals surface area (Å²) in [5.41, 5.74) is 7.24. The van der Waals surface area contributed by atoms with E-state index in [1.54, 1.807) is 0 Å². The minimum Gasteiger partial charge on any atom is -0.374 e. The van der Waals surface area contributed by atoms with Gasteiger partial charge in [-0.05, 0) is 35.6 Å². The molecule has 1 aromatic heterocycles. The highest BCUT2D eigenvalue weighted by molar-refractivity contribution is 5.93. The van der Waals surface area contributed by atoms with Crippen molar-refractivity contribution >= 4 is 16.6 Å². The maximum atomic E-state index is 3.51. The van der Waals surface area contributed by atoms with Gasteiger partial charge in [-0.3, -0.25) is 0 Å². The summed E-state index contributed by atoms with van der Waals surface area (Å²) < 4.78 is 0. The van der Waals surface area contributed by atoms with E-state index in [0.29, 0.717) is 0 Å². The smallest absolute Gasteiger partial charge is 0.0464 e. The van der Waals surface area contributed by atoms with Crippen molar-refractivity contribution in [1.29, 1.82) is 0 Å². The lowest BCUT2D eigenvalue weighted by molar-refractivity contribution is 0.672. The predicted octanol–water partition coefficient (Wildman–Crippen LogP) is 2.15. The molecule has 0 spiro atoms. The number of hydrogen-bond acceptors (Lipinski definition) is 2. The first kappa shape index (κ1) is 9.54. The van der Waals surface area contributed by atoms with E-state index in [4.69, 9.17) is 0 Å². The van der Waals surface area contributed by atoms with Crippen LogP contribution in [0.3, 0.4) is 0 Å². The molecule has 2 aliphatic heterocycles. The van der Waals surface area contributed by atoms with Crippen molar-refractivity contribution in [3.63, 3.8) is 0 Å². The first-order valence-corrected chi connectivity index (χ1v) is 6.41. The van der Waals surface area contributed by atoms with Gasteiger partial charge in [0.1, 0.15) is 0 Å². The molecule has 0 fully saturated rings. The van der Waals surface area contributed by atoms with E-state index < -0.39 is 0 Å². The Balaban J connectivity index is 2.11. The van der Waals surface area contributed by atoms with Gasteiger partial charge in [-0.25, -0.2) is 0 Å². The summed E-state index contributed by atoms with van der Waals surface area (Å²) in [7, 11) is 2.22. The van der Waals surface area contributed by atoms with E-state index in [9.17, 15) is 0 Å². The number of fused-ring (bicyclic) bond motifs is 2. The van der Waals surface area contributed by atoms with Crippen molar-refractivity contribution in [2.45, 2.75) is 25.9 Å². The van der Waals surface area contributed by atoms with Gasteiger partial charge in [-0.1, -0.05) is 0 Å². The molecular formula is C14H17N3. The van der Waals surface area contributed by atoms with Gasteiger partial charge in [-0.15, -0.1) is 0 Å². The van der Waals surface area contributed by atoms with Gasteiger partial charge in [0.15, 0.2) is 0 Å². The van der Waals surface area contributed by atoms with Crippen LogP contribution in [-0.2, 0) is 19.5 Å². The third kappa shape index (κ3) is 1.20. The van der Waals surface area contributed by atoms with E-state index in [1.165, 1.54) is 52.7 Å². The molecule has 3 heteroatoms. The molecule has 0 bridgehead atoms. The molecule has 3 heterocycles. The molecule has 2 N–H and O–H groups in total. The lowest BCUT2D eigenvalue weighted by atomic mass is 9.92. The van der Waals surface area contributed by atoms with E-state index in [0.717, 1.165) is 13.1 Å². The molecule has 88 valence electrons. The van der Waals surface area contributed by atoms with Crippen LogP contribution in [0.4, 0.5) is 5.69 Å². The molecule has 0 saturated carbocycles. The largest absolute Gasteiger partial charge is 0.374 e. The summed E-state index contributed by atoms with van der Waals surface area (Å²) in [4.78, 5) is 5.85. The average molecular weight is 227 g/mol. The molecule has 2 aliphatic rings. The minimum absolute atomic E-state index is 0.996. The number of nitrogens with one attached hydrogen (secondary N) is 2. The van der Waals surface area contributed by atoms with Crippen LogP contribution in [0.2, 0.25) is 0 Å². The molecule has 0 unspecified atom stereocenters. The van der Waals surface area contributed by atoms with Crippen molar-refractivity contribution in [3.05, 3.63) is 29.0 Å². The summed E-state index contributed by atoms with van der Waals surface area (Å²) in [6.45, 7) is 3.19. The molecule has 1 aromatic carbocycles. The normalized spacial score (nSPS) is 18.5. The quantitative estimate of drug-likeness (QED) is 0.722. The third-order valence-corrected chi connectivity index (χ3v) is 4.14. The van der Waals surface area contributed by atoms with E-state index in [1.807, 2.05) is 0 Å². The van der Waals surface area contributed by atoms with Crippen LogP contribution < -0.4 is 10.2 Å². The van der Waals surface area contributed by atoms with Crippen LogP contribution in [0.1, 0.15) is 23.1 Å². The van der Waals surface area contributed by atoms with Crippen LogP contribution in [-0.4, -0.2) is 18.6 Å². The zero-order valence-electron chi connectivity index (χ0n) is 10.1. The summed E-state index contributed by atoms with van der Waals surface area (Å²) in [6, 6.07) is 2.36. The lowest BCUT2D eigenvalue weighted by Gasteiger charge is -2.32. The fourth-order valence-corrected chi connectivity index (χ4v) is 3.43. The van der Waals surface area contributed by atoms with Crippen molar-refractivity contribution in [2.75, 3.05) is 18.5 Å². The average Bonchev–Trinajstić information content (AvgIpc) is 2.74. The second kappa shape index (κ2) is 3.26. The van der Waals surface area contributed by atoms with Gasteiger partial charge in [0.2, 0.25) is 0 Å². The Morgan fingerprint density at radius 2 is 2.18 bits per heavy atom. The Bertz CT molecular complexity index is 597. The first-order chi connectivity index (χ1) is 8.34. The molecule has 3 nitrogen and oxygen atoms in total. The van der Waals surface area contributed by atoms with Crippen molar-refractivity contribution in [1.82, 2.24) is 10.3 Å². The first-order valence-electron chi connectivity index (χ1n) is 6.41. The molecule has 0 aliphatic carbocycles. The highest BCUT2D eigenvalue weighted by Crippen LogP contribution is 2.38. The molecule has 0 radical (unpaired) electrons. The number of hydrogen-bond donors (Lipinski definition) is 2. The molecule has 4 rings (SSSR count). The molecule has 0 amide bonds. The SMILES string of the molecule is CN1CCCc2cc3[nH]cc4c3c(c21)CNC4. The Kier molecular flexibility index (Phi) is 1.83. The third-order valence-electron chi connectivity index (χ3n) is 4.14. The number of anilines is 1. The van der Waals surface area contributed by atoms with E-state index >= 15 is 0 Å². The second-order valence-electron chi connectivity index (χ2n) is 5.23. The molecule has 17 heavy (non-hydrogen) atoms. The van der Waals surface area contributed by atoms with Crippen LogP contribution in [0, 0.1) is 0 Å². The summed E-state index contributed by atoms with van der Waals surface area (Å²) >= 11 is 0. The zero-order valence-corrected chi connectivity index (χ0v) is 10.1. The Labute approximate surface area is 101 Å². The van der Waals surface area contributed by atoms with Crippen LogP contribution >= 0.6 is 0 Å². The molecular weight excluding hydrogens is 210 g/mol. The topological polar surface area (TPSA) is 31.1 Å². The van der Waals surface area contributed by atoms with Crippen LogP contribution in [0.25, 0.3) is 10.9 Å². The number of aromatic amines is 1. The number of benzene rings is 1. The van der Waals surface area contributed by atoms with Crippen LogP contribution in [0.5, 0.6) is 0 Å². The van der Waals surface area contributed by atoms with Gasteiger partial charge in [-0.2, -0.15) is 0 Å². The minimum atomic E-state index is 0.996. The number of aryl methyl sites for hydroxylation is 1. The van der Waals surface area contributed by atoms with Gasteiger partial charge in [0.05, 0.1) is 0 Å². The van der Waals surface area contributed by atoms with Crippen molar-refractivity contribution in [2.24, 2.45) is 0 Å². The lowest BCUT2D eigenvalue weighted by Crippen LogP contribution is -2.28. The highest BCUT2D eigenvalue weighted by Gasteiger charge is 2.23. The van der Waals surface area contributed by atoms with E-state index in [-0.39, 0.29) is 0 Å². The fourth-order valence-electron chi connectivity index (χ4n) is 3.43. The van der Waals surface area contributed by atoms with E-state index in [2.05, 4.69) is 34.5 Å². The number of rotatable bonds is 0. The van der Waals surface area contributed by atoms with Gasteiger partial charge >= 0.3 is 0 Å².